The molecule has 0 aliphatic carbocycles. The van der Waals surface area contributed by atoms with E-state index in [1.807, 2.05) is 0 Å². The highest BCUT2D eigenvalue weighted by Crippen LogP contribution is 2.36. The molecule has 0 aliphatic heterocycles. The van der Waals surface area contributed by atoms with Crippen molar-refractivity contribution in [1.82, 2.24) is 0 Å². The Kier molecular flexibility index (Phi) is 4.83. The van der Waals surface area contributed by atoms with Crippen LogP contribution in [0.25, 0.3) is 0 Å². The van der Waals surface area contributed by atoms with Crippen molar-refractivity contribution in [3.05, 3.63) is 29.3 Å². The summed E-state index contributed by atoms with van der Waals surface area (Å²) in [5.41, 5.74) is 5.74. The van der Waals surface area contributed by atoms with Crippen LogP contribution in [-0.4, -0.2) is 23.6 Å². The predicted molar refractivity (Wildman–Crippen MR) is 66.0 cm³/mol. The second-order valence-electron chi connectivity index (χ2n) is 4.03. The fraction of sp³-hybridized carbons (Fsp3) is 0.462. The molecule has 0 radical (unpaired) electrons. The molecule has 1 rings (SSSR count). The number of phenolic OH excluding ortho intramolecular Hbond substituents is 1. The van der Waals surface area contributed by atoms with E-state index >= 15 is 0 Å². The summed E-state index contributed by atoms with van der Waals surface area (Å²) in [5, 5.41) is 9.87. The molecule has 0 unspecified atom stereocenters. The van der Waals surface area contributed by atoms with Crippen LogP contribution >= 0.6 is 0 Å². The van der Waals surface area contributed by atoms with E-state index in [9.17, 15) is 18.7 Å². The van der Waals surface area contributed by atoms with Crippen molar-refractivity contribution in [3.63, 3.8) is 0 Å². The van der Waals surface area contributed by atoms with E-state index < -0.39 is 17.9 Å². The Balaban J connectivity index is 3.12. The zero-order valence-electron chi connectivity index (χ0n) is 10.8. The molecule has 4 nitrogen and oxygen atoms in total. The second-order valence-corrected chi connectivity index (χ2v) is 4.03. The van der Waals surface area contributed by atoms with Gasteiger partial charge in [0.25, 0.3) is 0 Å². The number of hydrogen-bond donors (Lipinski definition) is 2. The molecule has 1 aromatic carbocycles. The number of aryl methyl sites for hydroxylation is 1. The van der Waals surface area contributed by atoms with Gasteiger partial charge in [0.2, 0.25) is 0 Å². The summed E-state index contributed by atoms with van der Waals surface area (Å²) < 4.78 is 31.9. The van der Waals surface area contributed by atoms with Crippen molar-refractivity contribution >= 4 is 5.97 Å². The third kappa shape index (κ3) is 3.01. The van der Waals surface area contributed by atoms with Crippen LogP contribution in [0.15, 0.2) is 18.2 Å². The first-order valence-electron chi connectivity index (χ1n) is 5.97. The minimum Gasteiger partial charge on any atom is -0.507 e. The van der Waals surface area contributed by atoms with Crippen LogP contribution in [0.1, 0.15) is 31.0 Å². The zero-order valence-corrected chi connectivity index (χ0v) is 10.8. The summed E-state index contributed by atoms with van der Waals surface area (Å²) in [7, 11) is 0. The quantitative estimate of drug-likeness (QED) is 0.806. The van der Waals surface area contributed by atoms with Crippen LogP contribution in [0.3, 0.4) is 0 Å². The van der Waals surface area contributed by atoms with Crippen LogP contribution in [0, 0.1) is 0 Å². The molecule has 0 spiro atoms. The van der Waals surface area contributed by atoms with Crippen molar-refractivity contribution in [2.45, 2.75) is 32.2 Å². The van der Waals surface area contributed by atoms with Gasteiger partial charge < -0.3 is 15.6 Å². The topological polar surface area (TPSA) is 72.5 Å². The molecule has 0 amide bonds. The van der Waals surface area contributed by atoms with E-state index in [2.05, 4.69) is 4.74 Å². The molecule has 0 aromatic heterocycles. The number of nitrogens with two attached hydrogens (primary N) is 1. The molecule has 1 aromatic rings. The number of benzene rings is 1. The Morgan fingerprint density at radius 1 is 1.47 bits per heavy atom. The highest BCUT2D eigenvalue weighted by molar-refractivity contribution is 5.79. The summed E-state index contributed by atoms with van der Waals surface area (Å²) in [4.78, 5) is 11.2. The number of alkyl halides is 2. The maximum atomic E-state index is 13.8. The number of ether oxygens (including phenoxy) is 1. The lowest BCUT2D eigenvalue weighted by molar-refractivity contribution is -0.174. The molecule has 1 atom stereocenters. The first kappa shape index (κ1) is 15.4. The fourth-order valence-corrected chi connectivity index (χ4v) is 1.70. The van der Waals surface area contributed by atoms with E-state index in [1.165, 1.54) is 19.1 Å². The van der Waals surface area contributed by atoms with E-state index in [4.69, 9.17) is 5.73 Å². The van der Waals surface area contributed by atoms with Gasteiger partial charge in [0.05, 0.1) is 6.61 Å². The van der Waals surface area contributed by atoms with Crippen LogP contribution in [-0.2, 0) is 16.0 Å². The third-order valence-corrected chi connectivity index (χ3v) is 2.80. The number of hydrogen-bond acceptors (Lipinski definition) is 4. The predicted octanol–water partition coefficient (Wildman–Crippen LogP) is 2.15. The van der Waals surface area contributed by atoms with Crippen LogP contribution in [0.5, 0.6) is 5.75 Å². The van der Waals surface area contributed by atoms with Gasteiger partial charge in [0.1, 0.15) is 11.8 Å². The van der Waals surface area contributed by atoms with Gasteiger partial charge in [-0.2, -0.15) is 8.78 Å². The highest BCUT2D eigenvalue weighted by Gasteiger charge is 2.48. The molecule has 0 bridgehead atoms. The van der Waals surface area contributed by atoms with E-state index in [0.717, 1.165) is 0 Å². The molecule has 0 saturated heterocycles. The average molecular weight is 273 g/mol. The van der Waals surface area contributed by atoms with Gasteiger partial charge in [-0.05, 0) is 18.9 Å². The van der Waals surface area contributed by atoms with Crippen LogP contribution in [0.2, 0.25) is 0 Å². The normalized spacial score (nSPS) is 13.1. The number of carbonyl (C=O) groups is 1. The lowest BCUT2D eigenvalue weighted by Crippen LogP contribution is -2.41. The molecule has 0 saturated carbocycles. The van der Waals surface area contributed by atoms with Crippen LogP contribution in [0.4, 0.5) is 8.78 Å². The zero-order chi connectivity index (χ0) is 14.6. The summed E-state index contributed by atoms with van der Waals surface area (Å²) in [6.45, 7) is 3.03. The third-order valence-electron chi connectivity index (χ3n) is 2.80. The SMILES string of the molecule is CCOC(=O)C(F)(F)[C@H](N)c1cccc(CC)c1O. The molecule has 3 N–H and O–H groups in total. The van der Waals surface area contributed by atoms with Crippen LogP contribution < -0.4 is 5.73 Å². The Morgan fingerprint density at radius 2 is 2.11 bits per heavy atom. The van der Waals surface area contributed by atoms with E-state index in [-0.39, 0.29) is 17.9 Å². The summed E-state index contributed by atoms with van der Waals surface area (Å²) >= 11 is 0. The molecular weight excluding hydrogens is 256 g/mol. The fourth-order valence-electron chi connectivity index (χ4n) is 1.70. The monoisotopic (exact) mass is 273 g/mol. The number of rotatable bonds is 5. The number of para-hydroxylation sites is 1. The van der Waals surface area contributed by atoms with Gasteiger partial charge in [-0.3, -0.25) is 0 Å². The summed E-state index contributed by atoms with van der Waals surface area (Å²) in [5.74, 6) is -5.88. The number of aromatic hydroxyl groups is 1. The smallest absolute Gasteiger partial charge is 0.379 e. The lowest BCUT2D eigenvalue weighted by atomic mass is 9.97. The van der Waals surface area contributed by atoms with E-state index in [0.29, 0.717) is 12.0 Å². The molecule has 6 heteroatoms. The molecular formula is C13H17F2NO3. The standard InChI is InChI=1S/C13H17F2NO3/c1-3-8-6-5-7-9(10(8)17)11(16)13(14,15)12(18)19-4-2/h5-7,11,17H,3-4,16H2,1-2H3/t11-/m1/s1. The van der Waals surface area contributed by atoms with Crippen molar-refractivity contribution in [2.24, 2.45) is 5.73 Å². The minimum atomic E-state index is -3.89. The van der Waals surface area contributed by atoms with Crippen molar-refractivity contribution in [2.75, 3.05) is 6.61 Å². The van der Waals surface area contributed by atoms with Gasteiger partial charge in [0, 0.05) is 5.56 Å². The largest absolute Gasteiger partial charge is 0.507 e. The van der Waals surface area contributed by atoms with Gasteiger partial charge in [0.15, 0.2) is 0 Å². The molecule has 0 aliphatic rings. The Morgan fingerprint density at radius 3 is 2.63 bits per heavy atom. The van der Waals surface area contributed by atoms with Crippen molar-refractivity contribution in [1.29, 1.82) is 0 Å². The molecule has 0 fully saturated rings. The minimum absolute atomic E-state index is 0.165. The highest BCUT2D eigenvalue weighted by atomic mass is 19.3. The van der Waals surface area contributed by atoms with Crippen molar-refractivity contribution in [3.8, 4) is 5.75 Å². The van der Waals surface area contributed by atoms with Gasteiger partial charge in [-0.1, -0.05) is 25.1 Å². The molecule has 19 heavy (non-hydrogen) atoms. The average Bonchev–Trinajstić information content (AvgIpc) is 2.38. The summed E-state index contributed by atoms with van der Waals surface area (Å²) in [6.07, 6.45) is 0.470. The lowest BCUT2D eigenvalue weighted by Gasteiger charge is -2.23. The maximum absolute atomic E-state index is 13.8. The van der Waals surface area contributed by atoms with E-state index in [1.54, 1.807) is 13.0 Å². The number of carbonyl (C=O) groups excluding carboxylic acids is 1. The Labute approximate surface area is 110 Å². The second kappa shape index (κ2) is 5.97. The Hall–Kier alpha value is -1.69. The number of esters is 1. The van der Waals surface area contributed by atoms with Gasteiger partial charge in [-0.25, -0.2) is 4.79 Å². The van der Waals surface area contributed by atoms with Gasteiger partial charge in [-0.15, -0.1) is 0 Å². The van der Waals surface area contributed by atoms with Gasteiger partial charge >= 0.3 is 11.9 Å². The van der Waals surface area contributed by atoms with Crippen molar-refractivity contribution < 1.29 is 23.4 Å². The Bertz CT molecular complexity index is 463. The molecule has 0 heterocycles. The number of halogens is 2. The number of phenols is 1. The first-order valence-corrected chi connectivity index (χ1v) is 5.97. The summed E-state index contributed by atoms with van der Waals surface area (Å²) in [6, 6.07) is 2.44. The first-order chi connectivity index (χ1) is 8.86. The molecule has 106 valence electrons. The maximum Gasteiger partial charge on any atom is 0.379 e.